The third-order valence-electron chi connectivity index (χ3n) is 1.75. The van der Waals surface area contributed by atoms with Gasteiger partial charge >= 0.3 is 0 Å². The highest BCUT2D eigenvalue weighted by atomic mass is 16.3. The van der Waals surface area contributed by atoms with Gasteiger partial charge in [-0.2, -0.15) is 0 Å². The van der Waals surface area contributed by atoms with Gasteiger partial charge in [0.15, 0.2) is 7.98 Å². The van der Waals surface area contributed by atoms with Gasteiger partial charge in [-0.1, -0.05) is 13.8 Å². The molecule has 0 fully saturated rings. The van der Waals surface area contributed by atoms with Gasteiger partial charge in [0.1, 0.15) is 0 Å². The van der Waals surface area contributed by atoms with Crippen molar-refractivity contribution < 1.29 is 5.11 Å². The van der Waals surface area contributed by atoms with Crippen LogP contribution in [0.2, 0.25) is 0 Å². The van der Waals surface area contributed by atoms with Crippen molar-refractivity contribution in [2.45, 2.75) is 32.9 Å². The van der Waals surface area contributed by atoms with Crippen molar-refractivity contribution in [3.63, 3.8) is 0 Å². The number of hydrogen-bond acceptors (Lipinski definition) is 3. The van der Waals surface area contributed by atoms with Crippen molar-refractivity contribution in [2.24, 2.45) is 5.92 Å². The van der Waals surface area contributed by atoms with Crippen molar-refractivity contribution in [1.29, 1.82) is 0 Å². The molecule has 70 valence electrons. The van der Waals surface area contributed by atoms with Crippen LogP contribution in [0.4, 0.5) is 0 Å². The predicted octanol–water partition coefficient (Wildman–Crippen LogP) is -0.346. The summed E-state index contributed by atoms with van der Waals surface area (Å²) in [6.45, 7) is 7.62. The summed E-state index contributed by atoms with van der Waals surface area (Å²) in [5.74, 6) is 0.610. The summed E-state index contributed by atoms with van der Waals surface area (Å²) in [5, 5.41) is 15.1. The molecule has 0 rings (SSSR count). The molecule has 0 heterocycles. The first-order valence-corrected chi connectivity index (χ1v) is 4.42. The zero-order chi connectivity index (χ0) is 9.56. The lowest BCUT2D eigenvalue weighted by molar-refractivity contribution is 0.141. The lowest BCUT2D eigenvalue weighted by Gasteiger charge is -2.19. The standard InChI is InChI=1S/C8H19BN2O/c1-6(2)4-10-5-8(12)7(3)11-9/h6-8,10-12H,4-5H2,1-3H3. The van der Waals surface area contributed by atoms with Gasteiger partial charge in [-0.15, -0.1) is 0 Å². The first kappa shape index (κ1) is 11.9. The molecule has 4 heteroatoms. The van der Waals surface area contributed by atoms with Crippen LogP contribution in [0.3, 0.4) is 0 Å². The van der Waals surface area contributed by atoms with E-state index in [9.17, 15) is 5.11 Å². The van der Waals surface area contributed by atoms with Gasteiger partial charge in [0, 0.05) is 12.6 Å². The molecule has 2 atom stereocenters. The minimum atomic E-state index is -0.422. The Kier molecular flexibility index (Phi) is 6.43. The lowest BCUT2D eigenvalue weighted by atomic mass is 10.1. The van der Waals surface area contributed by atoms with Crippen LogP contribution in [-0.4, -0.2) is 38.3 Å². The minimum Gasteiger partial charge on any atom is -0.390 e. The zero-order valence-electron chi connectivity index (χ0n) is 8.17. The summed E-state index contributed by atoms with van der Waals surface area (Å²) in [7, 11) is 5.17. The Morgan fingerprint density at radius 1 is 1.25 bits per heavy atom. The first-order chi connectivity index (χ1) is 5.57. The molecule has 2 unspecified atom stereocenters. The average Bonchev–Trinajstić information content (AvgIpc) is 2.02. The molecule has 0 aliphatic rings. The fraction of sp³-hybridized carbons (Fsp3) is 1.00. The van der Waals surface area contributed by atoms with Crippen LogP contribution in [0.15, 0.2) is 0 Å². The molecular weight excluding hydrogens is 151 g/mol. The van der Waals surface area contributed by atoms with Crippen LogP contribution >= 0.6 is 0 Å². The summed E-state index contributed by atoms with van der Waals surface area (Å²) >= 11 is 0. The summed E-state index contributed by atoms with van der Waals surface area (Å²) in [5.41, 5.74) is 0. The number of hydrogen-bond donors (Lipinski definition) is 3. The Bertz CT molecular complexity index is 111. The molecular formula is C8H19BN2O. The Hall–Kier alpha value is -0.0551. The van der Waals surface area contributed by atoms with E-state index in [1.807, 2.05) is 6.92 Å². The second-order valence-electron chi connectivity index (χ2n) is 3.57. The van der Waals surface area contributed by atoms with Gasteiger partial charge in [-0.25, -0.2) is 0 Å². The average molecular weight is 170 g/mol. The molecule has 3 nitrogen and oxygen atoms in total. The van der Waals surface area contributed by atoms with Crippen molar-refractivity contribution in [2.75, 3.05) is 13.1 Å². The summed E-state index contributed by atoms with van der Waals surface area (Å²) in [6.07, 6.45) is -0.422. The largest absolute Gasteiger partial charge is 0.390 e. The molecule has 0 aromatic carbocycles. The van der Waals surface area contributed by atoms with Crippen molar-refractivity contribution in [3.05, 3.63) is 0 Å². The van der Waals surface area contributed by atoms with Crippen molar-refractivity contribution in [3.8, 4) is 0 Å². The van der Waals surface area contributed by atoms with Crippen LogP contribution < -0.4 is 10.5 Å². The van der Waals surface area contributed by atoms with Gasteiger partial charge in [0.05, 0.1) is 6.10 Å². The fourth-order valence-corrected chi connectivity index (χ4v) is 0.808. The van der Waals surface area contributed by atoms with Gasteiger partial charge < -0.3 is 15.7 Å². The highest BCUT2D eigenvalue weighted by molar-refractivity contribution is 6.04. The fourth-order valence-electron chi connectivity index (χ4n) is 0.808. The molecule has 0 aliphatic carbocycles. The van der Waals surface area contributed by atoms with E-state index >= 15 is 0 Å². The maximum atomic E-state index is 9.43. The van der Waals surface area contributed by atoms with E-state index in [1.165, 1.54) is 0 Å². The number of aliphatic hydroxyl groups is 1. The molecule has 0 aliphatic heterocycles. The van der Waals surface area contributed by atoms with E-state index in [0.29, 0.717) is 12.5 Å². The first-order valence-electron chi connectivity index (χ1n) is 4.42. The van der Waals surface area contributed by atoms with E-state index in [2.05, 4.69) is 24.4 Å². The smallest absolute Gasteiger partial charge is 0.178 e. The Morgan fingerprint density at radius 3 is 2.25 bits per heavy atom. The van der Waals surface area contributed by atoms with Gasteiger partial charge in [-0.3, -0.25) is 0 Å². The molecule has 0 aromatic rings. The molecule has 2 radical (unpaired) electrons. The second kappa shape index (κ2) is 6.46. The molecule has 0 amide bonds. The van der Waals surface area contributed by atoms with Crippen LogP contribution in [0.25, 0.3) is 0 Å². The molecule has 0 saturated heterocycles. The van der Waals surface area contributed by atoms with E-state index in [4.69, 9.17) is 7.98 Å². The monoisotopic (exact) mass is 170 g/mol. The Balaban J connectivity index is 3.37. The predicted molar refractivity (Wildman–Crippen MR) is 52.1 cm³/mol. The zero-order valence-corrected chi connectivity index (χ0v) is 8.17. The van der Waals surface area contributed by atoms with Crippen LogP contribution in [0.1, 0.15) is 20.8 Å². The highest BCUT2D eigenvalue weighted by Gasteiger charge is 2.10. The number of aliphatic hydroxyl groups excluding tert-OH is 1. The van der Waals surface area contributed by atoms with E-state index in [-0.39, 0.29) is 6.04 Å². The lowest BCUT2D eigenvalue weighted by Crippen LogP contribution is -2.42. The SMILES string of the molecule is [B]NC(C)C(O)CNCC(C)C. The molecule has 0 saturated carbocycles. The van der Waals surface area contributed by atoms with Gasteiger partial charge in [0.25, 0.3) is 0 Å². The van der Waals surface area contributed by atoms with Crippen molar-refractivity contribution >= 4 is 7.98 Å². The summed E-state index contributed by atoms with van der Waals surface area (Å²) in [4.78, 5) is 0. The third kappa shape index (κ3) is 5.58. The van der Waals surface area contributed by atoms with E-state index < -0.39 is 6.10 Å². The number of nitrogens with one attached hydrogen (secondary N) is 2. The van der Waals surface area contributed by atoms with Gasteiger partial charge in [-0.05, 0) is 19.4 Å². The second-order valence-corrected chi connectivity index (χ2v) is 3.57. The normalized spacial score (nSPS) is 16.4. The molecule has 12 heavy (non-hydrogen) atoms. The van der Waals surface area contributed by atoms with E-state index in [1.54, 1.807) is 0 Å². The molecule has 3 N–H and O–H groups in total. The van der Waals surface area contributed by atoms with Crippen LogP contribution in [-0.2, 0) is 0 Å². The van der Waals surface area contributed by atoms with Crippen LogP contribution in [0, 0.1) is 5.92 Å². The summed E-state index contributed by atoms with van der Waals surface area (Å²) in [6, 6.07) is -0.0651. The molecule has 0 spiro atoms. The Labute approximate surface area is 76.4 Å². The Morgan fingerprint density at radius 2 is 1.83 bits per heavy atom. The minimum absolute atomic E-state index is 0.0651. The third-order valence-corrected chi connectivity index (χ3v) is 1.75. The molecule has 0 aromatic heterocycles. The van der Waals surface area contributed by atoms with Crippen LogP contribution in [0.5, 0.6) is 0 Å². The van der Waals surface area contributed by atoms with E-state index in [0.717, 1.165) is 6.54 Å². The maximum Gasteiger partial charge on any atom is 0.178 e. The summed E-state index contributed by atoms with van der Waals surface area (Å²) < 4.78 is 0. The highest BCUT2D eigenvalue weighted by Crippen LogP contribution is 1.91. The molecule has 0 bridgehead atoms. The number of rotatable bonds is 6. The van der Waals surface area contributed by atoms with Crippen molar-refractivity contribution in [1.82, 2.24) is 10.5 Å². The maximum absolute atomic E-state index is 9.43. The van der Waals surface area contributed by atoms with Gasteiger partial charge in [0.2, 0.25) is 0 Å². The quantitative estimate of drug-likeness (QED) is 0.477. The topological polar surface area (TPSA) is 44.3 Å².